The Morgan fingerprint density at radius 1 is 0.933 bits per heavy atom. The molecule has 152 valence electrons. The molecule has 0 saturated carbocycles. The number of hydrogen-bond acceptors (Lipinski definition) is 6. The van der Waals surface area contributed by atoms with E-state index >= 15 is 0 Å². The predicted octanol–water partition coefficient (Wildman–Crippen LogP) is 4.22. The fourth-order valence-corrected chi connectivity index (χ4v) is 4.93. The number of anilines is 1. The van der Waals surface area contributed by atoms with Crippen LogP contribution in [0.2, 0.25) is 0 Å². The number of fused-ring (bicyclic) bond motifs is 1. The van der Waals surface area contributed by atoms with Crippen molar-refractivity contribution in [3.63, 3.8) is 0 Å². The van der Waals surface area contributed by atoms with Gasteiger partial charge in [0.05, 0.1) is 6.04 Å². The first-order valence-corrected chi connectivity index (χ1v) is 10.8. The Hall–Kier alpha value is -3.23. The molecular weight excluding hydrogens is 398 g/mol. The maximum absolute atomic E-state index is 11.7. The molecule has 0 spiro atoms. The van der Waals surface area contributed by atoms with E-state index in [0.717, 1.165) is 13.1 Å². The third-order valence-corrected chi connectivity index (χ3v) is 6.36. The van der Waals surface area contributed by atoms with Crippen LogP contribution in [0.15, 0.2) is 72.2 Å². The van der Waals surface area contributed by atoms with Crippen LogP contribution in [0, 0.1) is 10.1 Å². The van der Waals surface area contributed by atoms with Crippen molar-refractivity contribution >= 4 is 27.9 Å². The largest absolute Gasteiger partial charge is 0.373 e. The molecule has 1 aliphatic heterocycles. The summed E-state index contributed by atoms with van der Waals surface area (Å²) in [4.78, 5) is 21.1. The molecule has 0 bridgehead atoms. The monoisotopic (exact) mass is 419 g/mol. The van der Waals surface area contributed by atoms with Crippen LogP contribution >= 0.6 is 11.3 Å². The van der Waals surface area contributed by atoms with Gasteiger partial charge in [-0.15, -0.1) is 0 Å². The van der Waals surface area contributed by atoms with E-state index in [0.29, 0.717) is 23.9 Å². The van der Waals surface area contributed by atoms with E-state index in [1.54, 1.807) is 10.6 Å². The van der Waals surface area contributed by atoms with Crippen molar-refractivity contribution < 1.29 is 4.92 Å². The van der Waals surface area contributed by atoms with Gasteiger partial charge >= 0.3 is 5.82 Å². The van der Waals surface area contributed by atoms with Crippen molar-refractivity contribution in [2.24, 2.45) is 0 Å². The maximum Gasteiger partial charge on any atom is 0.373 e. The van der Waals surface area contributed by atoms with Gasteiger partial charge < -0.3 is 15.0 Å². The molecule has 4 aromatic rings. The smallest absolute Gasteiger partial charge is 0.358 e. The zero-order chi connectivity index (χ0) is 20.5. The van der Waals surface area contributed by atoms with Crippen LogP contribution in [-0.4, -0.2) is 45.4 Å². The van der Waals surface area contributed by atoms with Crippen LogP contribution in [-0.2, 0) is 0 Å². The van der Waals surface area contributed by atoms with E-state index in [9.17, 15) is 10.1 Å². The Bertz CT molecular complexity index is 1110. The second-order valence-electron chi connectivity index (χ2n) is 7.32. The van der Waals surface area contributed by atoms with Crippen LogP contribution in [0.1, 0.15) is 17.2 Å². The van der Waals surface area contributed by atoms with Gasteiger partial charge in [-0.3, -0.25) is 4.90 Å². The van der Waals surface area contributed by atoms with E-state index in [1.165, 1.54) is 22.5 Å². The normalized spacial score (nSPS) is 15.2. The Morgan fingerprint density at radius 3 is 2.10 bits per heavy atom. The third kappa shape index (κ3) is 3.34. The first kappa shape index (κ1) is 18.8. The van der Waals surface area contributed by atoms with Gasteiger partial charge in [-0.25, -0.2) is 0 Å². The SMILES string of the molecule is O=[N+]([O-])c1c(N2CCN(C(c3ccccc3)c3ccccc3)CC2)nc2sccn12. The highest BCUT2D eigenvalue weighted by Gasteiger charge is 2.32. The molecule has 0 radical (unpaired) electrons. The number of benzene rings is 2. The lowest BCUT2D eigenvalue weighted by atomic mass is 9.96. The minimum atomic E-state index is -0.328. The molecule has 3 heterocycles. The molecule has 0 N–H and O–H groups in total. The summed E-state index contributed by atoms with van der Waals surface area (Å²) in [5.74, 6) is 0.532. The van der Waals surface area contributed by atoms with Crippen molar-refractivity contribution in [1.82, 2.24) is 14.3 Å². The highest BCUT2D eigenvalue weighted by molar-refractivity contribution is 7.15. The molecule has 7 nitrogen and oxygen atoms in total. The third-order valence-electron chi connectivity index (χ3n) is 5.60. The molecule has 2 aromatic carbocycles. The Labute approximate surface area is 178 Å². The van der Waals surface area contributed by atoms with Gasteiger partial charge in [0.1, 0.15) is 6.20 Å². The Morgan fingerprint density at radius 2 is 1.53 bits per heavy atom. The molecule has 1 aliphatic rings. The van der Waals surface area contributed by atoms with Gasteiger partial charge in [-0.1, -0.05) is 72.0 Å². The van der Waals surface area contributed by atoms with E-state index in [4.69, 9.17) is 0 Å². The average molecular weight is 420 g/mol. The average Bonchev–Trinajstić information content (AvgIpc) is 3.37. The maximum atomic E-state index is 11.7. The molecule has 0 aliphatic carbocycles. The van der Waals surface area contributed by atoms with Crippen LogP contribution in [0.4, 0.5) is 11.6 Å². The molecular formula is C22H21N5O2S. The van der Waals surface area contributed by atoms with Crippen LogP contribution in [0.25, 0.3) is 4.96 Å². The molecule has 2 aromatic heterocycles. The van der Waals surface area contributed by atoms with E-state index in [2.05, 4.69) is 58.4 Å². The van der Waals surface area contributed by atoms with Crippen LogP contribution < -0.4 is 4.90 Å². The lowest BCUT2D eigenvalue weighted by molar-refractivity contribution is -0.389. The lowest BCUT2D eigenvalue weighted by Gasteiger charge is -2.39. The van der Waals surface area contributed by atoms with Gasteiger partial charge in [0.15, 0.2) is 0 Å². The zero-order valence-electron chi connectivity index (χ0n) is 16.3. The predicted molar refractivity (Wildman–Crippen MR) is 118 cm³/mol. The number of nitro groups is 1. The van der Waals surface area contributed by atoms with Gasteiger partial charge in [-0.05, 0) is 16.1 Å². The summed E-state index contributed by atoms with van der Waals surface area (Å²) in [6.07, 6.45) is 1.71. The highest BCUT2D eigenvalue weighted by atomic mass is 32.1. The van der Waals surface area contributed by atoms with Crippen molar-refractivity contribution in [3.05, 3.63) is 93.5 Å². The molecule has 0 amide bonds. The van der Waals surface area contributed by atoms with E-state index < -0.39 is 0 Å². The number of imidazole rings is 1. The minimum absolute atomic E-state index is 0.0577. The molecule has 8 heteroatoms. The first-order chi connectivity index (χ1) is 14.7. The number of aromatic nitrogens is 2. The number of nitrogens with zero attached hydrogens (tertiary/aromatic N) is 5. The number of piperazine rings is 1. The lowest BCUT2D eigenvalue weighted by Crippen LogP contribution is -2.48. The van der Waals surface area contributed by atoms with Crippen LogP contribution in [0.5, 0.6) is 0 Å². The van der Waals surface area contributed by atoms with Gasteiger partial charge in [0, 0.05) is 31.6 Å². The van der Waals surface area contributed by atoms with E-state index in [-0.39, 0.29) is 16.8 Å². The second kappa shape index (κ2) is 7.89. The summed E-state index contributed by atoms with van der Waals surface area (Å²) in [6, 6.07) is 21.2. The number of thiazole rings is 1. The molecule has 30 heavy (non-hydrogen) atoms. The van der Waals surface area contributed by atoms with Crippen molar-refractivity contribution in [1.29, 1.82) is 0 Å². The summed E-state index contributed by atoms with van der Waals surface area (Å²) in [6.45, 7) is 3.00. The number of hydrogen-bond donors (Lipinski definition) is 0. The highest BCUT2D eigenvalue weighted by Crippen LogP contribution is 2.34. The topological polar surface area (TPSA) is 66.9 Å². The Kier molecular flexibility index (Phi) is 4.94. The number of rotatable bonds is 5. The molecule has 0 unspecified atom stereocenters. The van der Waals surface area contributed by atoms with E-state index in [1.807, 2.05) is 22.4 Å². The Balaban J connectivity index is 1.41. The fraction of sp³-hybridized carbons (Fsp3) is 0.227. The standard InChI is InChI=1S/C22H21N5O2S/c28-27(29)21-20(23-22-26(21)15-16-30-22)25-13-11-24(12-14-25)19(17-7-3-1-4-8-17)18-9-5-2-6-10-18/h1-10,15-16,19H,11-14H2. The fourth-order valence-electron chi connectivity index (χ4n) is 4.22. The minimum Gasteiger partial charge on any atom is -0.358 e. The van der Waals surface area contributed by atoms with Crippen molar-refractivity contribution in [2.45, 2.75) is 6.04 Å². The summed E-state index contributed by atoms with van der Waals surface area (Å²) < 4.78 is 1.57. The molecule has 5 rings (SSSR count). The van der Waals surface area contributed by atoms with Crippen molar-refractivity contribution in [2.75, 3.05) is 31.1 Å². The summed E-state index contributed by atoms with van der Waals surface area (Å²) in [7, 11) is 0. The zero-order valence-corrected chi connectivity index (χ0v) is 17.1. The van der Waals surface area contributed by atoms with Gasteiger partial charge in [-0.2, -0.15) is 9.38 Å². The van der Waals surface area contributed by atoms with Crippen LogP contribution in [0.3, 0.4) is 0 Å². The second-order valence-corrected chi connectivity index (χ2v) is 8.19. The molecule has 1 saturated heterocycles. The quantitative estimate of drug-likeness (QED) is 0.358. The van der Waals surface area contributed by atoms with Gasteiger partial charge in [0.2, 0.25) is 5.82 Å². The first-order valence-electron chi connectivity index (χ1n) is 9.91. The summed E-state index contributed by atoms with van der Waals surface area (Å²) >= 11 is 1.41. The van der Waals surface area contributed by atoms with Gasteiger partial charge in [0.25, 0.3) is 4.96 Å². The summed E-state index contributed by atoms with van der Waals surface area (Å²) in [5.41, 5.74) is 2.51. The van der Waals surface area contributed by atoms with Crippen molar-refractivity contribution in [3.8, 4) is 0 Å². The summed E-state index contributed by atoms with van der Waals surface area (Å²) in [5, 5.41) is 13.5. The molecule has 0 atom stereocenters. The molecule has 1 fully saturated rings.